The molecule has 7 heteroatoms. The Morgan fingerprint density at radius 2 is 1.93 bits per heavy atom. The molecule has 0 radical (unpaired) electrons. The number of benzene rings is 1. The maximum Gasteiger partial charge on any atom is 0.243 e. The Balaban J connectivity index is 1.36. The molecule has 0 spiro atoms. The highest BCUT2D eigenvalue weighted by Crippen LogP contribution is 2.31. The second-order valence-corrected chi connectivity index (χ2v) is 7.95. The number of rotatable bonds is 6. The van der Waals surface area contributed by atoms with E-state index in [-0.39, 0.29) is 18.2 Å². The summed E-state index contributed by atoms with van der Waals surface area (Å²) in [6, 6.07) is 9.33. The highest BCUT2D eigenvalue weighted by atomic mass is 16.4. The minimum atomic E-state index is -0.473. The van der Waals surface area contributed by atoms with Crippen LogP contribution in [0, 0.1) is 0 Å². The van der Waals surface area contributed by atoms with Crippen LogP contribution in [-0.4, -0.2) is 46.0 Å². The molecule has 0 unspecified atom stereocenters. The SMILES string of the molecule is O=C1NCCN(C(=O)CCc2nnc(C3CCCCC3)o2)[C@H]1Cc1ccccc1. The molecule has 2 heterocycles. The van der Waals surface area contributed by atoms with Crippen LogP contribution >= 0.6 is 0 Å². The van der Waals surface area contributed by atoms with Crippen LogP contribution < -0.4 is 5.32 Å². The lowest BCUT2D eigenvalue weighted by Crippen LogP contribution is -2.58. The number of nitrogens with zero attached hydrogens (tertiary/aromatic N) is 3. The lowest BCUT2D eigenvalue weighted by Gasteiger charge is -2.35. The summed E-state index contributed by atoms with van der Waals surface area (Å²) in [7, 11) is 0. The van der Waals surface area contributed by atoms with E-state index in [0.717, 1.165) is 18.4 Å². The number of hydrogen-bond acceptors (Lipinski definition) is 5. The molecular weight excluding hydrogens is 368 g/mol. The lowest BCUT2D eigenvalue weighted by molar-refractivity contribution is -0.143. The fourth-order valence-corrected chi connectivity index (χ4v) is 4.29. The predicted octanol–water partition coefficient (Wildman–Crippen LogP) is 2.62. The quantitative estimate of drug-likeness (QED) is 0.811. The van der Waals surface area contributed by atoms with Crippen molar-refractivity contribution in [3.63, 3.8) is 0 Å². The smallest absolute Gasteiger partial charge is 0.243 e. The molecule has 1 aromatic carbocycles. The topological polar surface area (TPSA) is 88.3 Å². The molecule has 1 saturated carbocycles. The third kappa shape index (κ3) is 4.83. The van der Waals surface area contributed by atoms with Crippen molar-refractivity contribution in [2.24, 2.45) is 0 Å². The van der Waals surface area contributed by atoms with E-state index in [2.05, 4.69) is 15.5 Å². The molecule has 4 rings (SSSR count). The van der Waals surface area contributed by atoms with Crippen molar-refractivity contribution >= 4 is 11.8 Å². The molecule has 2 amide bonds. The maximum absolute atomic E-state index is 12.9. The highest BCUT2D eigenvalue weighted by Gasteiger charge is 2.33. The van der Waals surface area contributed by atoms with Gasteiger partial charge < -0.3 is 14.6 Å². The Morgan fingerprint density at radius 1 is 1.14 bits per heavy atom. The summed E-state index contributed by atoms with van der Waals surface area (Å²) in [5.74, 6) is 1.46. The highest BCUT2D eigenvalue weighted by molar-refractivity contribution is 5.89. The molecule has 1 aliphatic heterocycles. The molecule has 1 N–H and O–H groups in total. The van der Waals surface area contributed by atoms with Crippen molar-refractivity contribution in [2.75, 3.05) is 13.1 Å². The maximum atomic E-state index is 12.9. The van der Waals surface area contributed by atoms with E-state index < -0.39 is 6.04 Å². The van der Waals surface area contributed by atoms with Crippen LogP contribution in [0.5, 0.6) is 0 Å². The number of nitrogens with one attached hydrogen (secondary N) is 1. The van der Waals surface area contributed by atoms with Crippen LogP contribution in [0.15, 0.2) is 34.7 Å². The van der Waals surface area contributed by atoms with Crippen LogP contribution in [-0.2, 0) is 22.4 Å². The zero-order valence-electron chi connectivity index (χ0n) is 16.7. The van der Waals surface area contributed by atoms with Gasteiger partial charge in [0.2, 0.25) is 23.6 Å². The molecule has 2 fully saturated rings. The molecule has 7 nitrogen and oxygen atoms in total. The van der Waals surface area contributed by atoms with Gasteiger partial charge in [-0.15, -0.1) is 10.2 Å². The zero-order chi connectivity index (χ0) is 20.1. The Bertz CT molecular complexity index is 830. The van der Waals surface area contributed by atoms with Gasteiger partial charge in [-0.3, -0.25) is 9.59 Å². The van der Waals surface area contributed by atoms with E-state index in [4.69, 9.17) is 4.42 Å². The molecule has 154 valence electrons. The number of aromatic nitrogens is 2. The monoisotopic (exact) mass is 396 g/mol. The average Bonchev–Trinajstić information content (AvgIpc) is 3.24. The third-order valence-electron chi connectivity index (χ3n) is 5.91. The Hall–Kier alpha value is -2.70. The van der Waals surface area contributed by atoms with Gasteiger partial charge in [-0.2, -0.15) is 0 Å². The van der Waals surface area contributed by atoms with Crippen LogP contribution in [0.3, 0.4) is 0 Å². The largest absolute Gasteiger partial charge is 0.425 e. The molecule has 1 atom stereocenters. The molecule has 0 bridgehead atoms. The standard InChI is InChI=1S/C22H28N4O3/c27-20(12-11-19-24-25-22(29-19)17-9-5-2-6-10-17)26-14-13-23-21(28)18(26)15-16-7-3-1-4-8-16/h1,3-4,7-8,17-18H,2,5-6,9-15H2,(H,23,28)/t18-/m0/s1. The van der Waals surface area contributed by atoms with Crippen LogP contribution in [0.2, 0.25) is 0 Å². The lowest BCUT2D eigenvalue weighted by atomic mass is 9.89. The molecule has 1 aromatic heterocycles. The Labute approximate surface area is 170 Å². The molecule has 29 heavy (non-hydrogen) atoms. The van der Waals surface area contributed by atoms with E-state index in [9.17, 15) is 9.59 Å². The summed E-state index contributed by atoms with van der Waals surface area (Å²) in [5.41, 5.74) is 1.04. The van der Waals surface area contributed by atoms with E-state index in [1.807, 2.05) is 30.3 Å². The normalized spacial score (nSPS) is 20.5. The van der Waals surface area contributed by atoms with Crippen LogP contribution in [0.1, 0.15) is 61.8 Å². The van der Waals surface area contributed by atoms with Gasteiger partial charge in [0.1, 0.15) is 6.04 Å². The van der Waals surface area contributed by atoms with E-state index in [1.54, 1.807) is 4.90 Å². The minimum Gasteiger partial charge on any atom is -0.425 e. The minimum absolute atomic E-state index is 0.0433. The van der Waals surface area contributed by atoms with Crippen molar-refractivity contribution in [3.8, 4) is 0 Å². The first-order chi connectivity index (χ1) is 14.2. The summed E-state index contributed by atoms with van der Waals surface area (Å²) >= 11 is 0. The average molecular weight is 396 g/mol. The van der Waals surface area contributed by atoms with Crippen LogP contribution in [0.4, 0.5) is 0 Å². The molecule has 1 saturated heterocycles. The number of carbonyl (C=O) groups is 2. The molecule has 2 aromatic rings. The van der Waals surface area contributed by atoms with Gasteiger partial charge in [0.25, 0.3) is 0 Å². The van der Waals surface area contributed by atoms with E-state index in [0.29, 0.717) is 43.6 Å². The number of aryl methyl sites for hydroxylation is 1. The zero-order valence-corrected chi connectivity index (χ0v) is 16.7. The van der Waals surface area contributed by atoms with Crippen molar-refractivity contribution in [2.45, 2.75) is 63.3 Å². The van der Waals surface area contributed by atoms with Crippen molar-refractivity contribution in [1.29, 1.82) is 0 Å². The van der Waals surface area contributed by atoms with Crippen molar-refractivity contribution < 1.29 is 14.0 Å². The van der Waals surface area contributed by atoms with Crippen LogP contribution in [0.25, 0.3) is 0 Å². The van der Waals surface area contributed by atoms with Crippen molar-refractivity contribution in [1.82, 2.24) is 20.4 Å². The summed E-state index contributed by atoms with van der Waals surface area (Å²) in [5, 5.41) is 11.2. The summed E-state index contributed by atoms with van der Waals surface area (Å²) in [4.78, 5) is 27.0. The number of hydrogen-bond donors (Lipinski definition) is 1. The van der Waals surface area contributed by atoms with Gasteiger partial charge in [-0.05, 0) is 18.4 Å². The summed E-state index contributed by atoms with van der Waals surface area (Å²) in [6.45, 7) is 1.02. The van der Waals surface area contributed by atoms with E-state index >= 15 is 0 Å². The summed E-state index contributed by atoms with van der Waals surface area (Å²) in [6.07, 6.45) is 7.10. The van der Waals surface area contributed by atoms with Gasteiger partial charge in [-0.1, -0.05) is 49.6 Å². The number of amides is 2. The number of piperazine rings is 1. The second kappa shape index (κ2) is 9.20. The Kier molecular flexibility index (Phi) is 6.22. The van der Waals surface area contributed by atoms with Gasteiger partial charge in [0, 0.05) is 38.3 Å². The molecule has 1 aliphatic carbocycles. The van der Waals surface area contributed by atoms with Gasteiger partial charge in [0.15, 0.2) is 0 Å². The first-order valence-corrected chi connectivity index (χ1v) is 10.6. The van der Waals surface area contributed by atoms with Gasteiger partial charge >= 0.3 is 0 Å². The Morgan fingerprint density at radius 3 is 2.72 bits per heavy atom. The first-order valence-electron chi connectivity index (χ1n) is 10.6. The van der Waals surface area contributed by atoms with Crippen molar-refractivity contribution in [3.05, 3.63) is 47.7 Å². The van der Waals surface area contributed by atoms with E-state index in [1.165, 1.54) is 19.3 Å². The molecule has 2 aliphatic rings. The fraction of sp³-hybridized carbons (Fsp3) is 0.545. The van der Waals surface area contributed by atoms with Gasteiger partial charge in [-0.25, -0.2) is 0 Å². The van der Waals surface area contributed by atoms with Gasteiger partial charge in [0.05, 0.1) is 0 Å². The second-order valence-electron chi connectivity index (χ2n) is 7.95. The first kappa shape index (κ1) is 19.6. The fourth-order valence-electron chi connectivity index (χ4n) is 4.29. The predicted molar refractivity (Wildman–Crippen MR) is 107 cm³/mol. The number of carbonyl (C=O) groups excluding carboxylic acids is 2. The summed E-state index contributed by atoms with van der Waals surface area (Å²) < 4.78 is 5.83. The third-order valence-corrected chi connectivity index (χ3v) is 5.91. The molecular formula is C22H28N4O3.